The molecule has 0 aliphatic heterocycles. The minimum absolute atomic E-state index is 0.264. The molecular weight excluding hydrogens is 489 g/mol. The van der Waals surface area contributed by atoms with Crippen molar-refractivity contribution in [1.29, 1.82) is 0 Å². The Kier molecular flexibility index (Phi) is 5.99. The number of halogens is 1. The van der Waals surface area contributed by atoms with Gasteiger partial charge in [-0.1, -0.05) is 43.3 Å². The molecule has 0 fully saturated rings. The highest BCUT2D eigenvalue weighted by Gasteiger charge is 2.13. The van der Waals surface area contributed by atoms with Crippen molar-refractivity contribution in [2.45, 2.75) is 13.3 Å². The average Bonchev–Trinajstić information content (AvgIpc) is 2.77. The number of aromatic carboxylic acids is 1. The summed E-state index contributed by atoms with van der Waals surface area (Å²) in [4.78, 5) is 16.5. The summed E-state index contributed by atoms with van der Waals surface area (Å²) in [6, 6.07) is 23.3. The molecule has 0 atom stereocenters. The molecule has 0 aliphatic carbocycles. The molecule has 0 radical (unpaired) electrons. The SMILES string of the molecule is CCCOc1ccc(-c2ccc(-c3cc(C(=O)O)c4cc(I)ccc4n3)cc2)cc1. The molecule has 5 heteroatoms. The lowest BCUT2D eigenvalue weighted by atomic mass is 10.0. The third kappa shape index (κ3) is 4.31. The number of pyridine rings is 1. The molecule has 1 aromatic heterocycles. The van der Waals surface area contributed by atoms with Crippen molar-refractivity contribution >= 4 is 39.5 Å². The van der Waals surface area contributed by atoms with Gasteiger partial charge in [0.25, 0.3) is 0 Å². The van der Waals surface area contributed by atoms with E-state index in [1.54, 1.807) is 6.07 Å². The highest BCUT2D eigenvalue weighted by atomic mass is 127. The third-order valence-corrected chi connectivity index (χ3v) is 5.51. The second-order valence-electron chi connectivity index (χ2n) is 6.97. The van der Waals surface area contributed by atoms with Gasteiger partial charge in [0.2, 0.25) is 0 Å². The number of rotatable bonds is 6. The van der Waals surface area contributed by atoms with E-state index in [2.05, 4.69) is 34.5 Å². The number of fused-ring (bicyclic) bond motifs is 1. The van der Waals surface area contributed by atoms with Crippen LogP contribution in [0, 0.1) is 3.57 Å². The smallest absolute Gasteiger partial charge is 0.336 e. The molecule has 0 bridgehead atoms. The van der Waals surface area contributed by atoms with E-state index in [1.807, 2.05) is 66.7 Å². The van der Waals surface area contributed by atoms with Gasteiger partial charge in [0, 0.05) is 14.5 Å². The van der Waals surface area contributed by atoms with Gasteiger partial charge in [-0.2, -0.15) is 0 Å². The Labute approximate surface area is 188 Å². The molecule has 0 spiro atoms. The van der Waals surface area contributed by atoms with E-state index in [4.69, 9.17) is 4.74 Å². The van der Waals surface area contributed by atoms with Gasteiger partial charge in [0.15, 0.2) is 0 Å². The summed E-state index contributed by atoms with van der Waals surface area (Å²) in [6.07, 6.45) is 0.981. The van der Waals surface area contributed by atoms with Gasteiger partial charge < -0.3 is 9.84 Å². The molecule has 4 aromatic rings. The van der Waals surface area contributed by atoms with E-state index in [-0.39, 0.29) is 5.56 Å². The van der Waals surface area contributed by atoms with Crippen LogP contribution < -0.4 is 4.74 Å². The summed E-state index contributed by atoms with van der Waals surface area (Å²) < 4.78 is 6.62. The Morgan fingerprint density at radius 3 is 2.20 bits per heavy atom. The molecule has 4 rings (SSSR count). The van der Waals surface area contributed by atoms with Crippen LogP contribution in [0.25, 0.3) is 33.3 Å². The fourth-order valence-corrected chi connectivity index (χ4v) is 3.81. The quantitative estimate of drug-likeness (QED) is 0.296. The Balaban J connectivity index is 1.66. The van der Waals surface area contributed by atoms with Crippen LogP contribution in [0.15, 0.2) is 72.8 Å². The minimum atomic E-state index is -0.951. The first-order valence-corrected chi connectivity index (χ1v) is 10.8. The number of hydrogen-bond donors (Lipinski definition) is 1. The number of hydrogen-bond acceptors (Lipinski definition) is 3. The van der Waals surface area contributed by atoms with Crippen molar-refractivity contribution in [2.24, 2.45) is 0 Å². The standard InChI is InChI=1S/C25H20INO3/c1-2-13-30-20-10-7-17(8-11-20)16-3-5-18(6-4-16)24-15-22(25(28)29)21-14-19(26)9-12-23(21)27-24/h3-12,14-15H,2,13H2,1H3,(H,28,29). The number of nitrogens with zero attached hydrogens (tertiary/aromatic N) is 1. The Morgan fingerprint density at radius 1 is 0.933 bits per heavy atom. The zero-order valence-electron chi connectivity index (χ0n) is 16.4. The van der Waals surface area contributed by atoms with Gasteiger partial charge >= 0.3 is 5.97 Å². The lowest BCUT2D eigenvalue weighted by molar-refractivity contribution is 0.0699. The highest BCUT2D eigenvalue weighted by molar-refractivity contribution is 14.1. The fourth-order valence-electron chi connectivity index (χ4n) is 3.32. The summed E-state index contributed by atoms with van der Waals surface area (Å²) in [5, 5.41) is 10.3. The van der Waals surface area contributed by atoms with Crippen molar-refractivity contribution < 1.29 is 14.6 Å². The lowest BCUT2D eigenvalue weighted by Crippen LogP contribution is -2.00. The van der Waals surface area contributed by atoms with Crippen LogP contribution in [0.2, 0.25) is 0 Å². The monoisotopic (exact) mass is 509 g/mol. The minimum Gasteiger partial charge on any atom is -0.494 e. The van der Waals surface area contributed by atoms with E-state index < -0.39 is 5.97 Å². The molecule has 1 N–H and O–H groups in total. The molecule has 0 amide bonds. The van der Waals surface area contributed by atoms with Gasteiger partial charge in [0.05, 0.1) is 23.4 Å². The molecule has 0 saturated heterocycles. The maximum absolute atomic E-state index is 11.8. The van der Waals surface area contributed by atoms with E-state index in [0.29, 0.717) is 23.2 Å². The Bertz CT molecular complexity index is 1200. The molecule has 3 aromatic carbocycles. The Hall–Kier alpha value is -2.93. The average molecular weight is 509 g/mol. The van der Waals surface area contributed by atoms with E-state index >= 15 is 0 Å². The third-order valence-electron chi connectivity index (χ3n) is 4.84. The number of benzene rings is 3. The topological polar surface area (TPSA) is 59.4 Å². The van der Waals surface area contributed by atoms with Crippen LogP contribution in [-0.4, -0.2) is 22.7 Å². The van der Waals surface area contributed by atoms with Gasteiger partial charge in [-0.05, 0) is 76.5 Å². The lowest BCUT2D eigenvalue weighted by Gasteiger charge is -2.09. The van der Waals surface area contributed by atoms with Crippen molar-refractivity contribution in [3.63, 3.8) is 0 Å². The summed E-state index contributed by atoms with van der Waals surface area (Å²) in [6.45, 7) is 2.80. The van der Waals surface area contributed by atoms with Crippen molar-refractivity contribution in [3.8, 4) is 28.1 Å². The number of ether oxygens (including phenoxy) is 1. The first kappa shape index (κ1) is 20.3. The van der Waals surface area contributed by atoms with Crippen molar-refractivity contribution in [1.82, 2.24) is 4.98 Å². The van der Waals surface area contributed by atoms with Gasteiger partial charge in [-0.3, -0.25) is 0 Å². The molecule has 0 unspecified atom stereocenters. The summed E-state index contributed by atoms with van der Waals surface area (Å²) in [5.41, 5.74) is 4.64. The predicted molar refractivity (Wildman–Crippen MR) is 128 cm³/mol. The number of carbonyl (C=O) groups is 1. The van der Waals surface area contributed by atoms with Crippen molar-refractivity contribution in [3.05, 3.63) is 81.9 Å². The second-order valence-corrected chi connectivity index (χ2v) is 8.22. The van der Waals surface area contributed by atoms with E-state index in [9.17, 15) is 9.90 Å². The van der Waals surface area contributed by atoms with Gasteiger partial charge in [-0.15, -0.1) is 0 Å². The predicted octanol–water partition coefficient (Wildman–Crippen LogP) is 6.66. The normalized spacial score (nSPS) is 10.9. The zero-order chi connectivity index (χ0) is 21.1. The van der Waals surface area contributed by atoms with Crippen LogP contribution in [0.4, 0.5) is 0 Å². The summed E-state index contributed by atoms with van der Waals surface area (Å²) >= 11 is 2.18. The molecule has 1 heterocycles. The maximum Gasteiger partial charge on any atom is 0.336 e. The summed E-state index contributed by atoms with van der Waals surface area (Å²) in [5.74, 6) is -0.0823. The largest absolute Gasteiger partial charge is 0.494 e. The van der Waals surface area contributed by atoms with Gasteiger partial charge in [0.1, 0.15) is 5.75 Å². The van der Waals surface area contributed by atoms with Crippen LogP contribution in [0.3, 0.4) is 0 Å². The molecule has 0 saturated carbocycles. The van der Waals surface area contributed by atoms with Crippen molar-refractivity contribution in [2.75, 3.05) is 6.61 Å². The molecule has 4 nitrogen and oxygen atoms in total. The summed E-state index contributed by atoms with van der Waals surface area (Å²) in [7, 11) is 0. The molecular formula is C25H20INO3. The van der Waals surface area contributed by atoms with Gasteiger partial charge in [-0.25, -0.2) is 9.78 Å². The number of carboxylic acids is 1. The first-order valence-electron chi connectivity index (χ1n) is 9.72. The molecule has 30 heavy (non-hydrogen) atoms. The van der Waals surface area contributed by atoms with Crippen LogP contribution in [0.5, 0.6) is 5.75 Å². The van der Waals surface area contributed by atoms with Crippen LogP contribution in [-0.2, 0) is 0 Å². The number of carboxylic acid groups (broad SMARTS) is 1. The Morgan fingerprint density at radius 2 is 1.57 bits per heavy atom. The fraction of sp³-hybridized carbons (Fsp3) is 0.120. The van der Waals surface area contributed by atoms with Crippen LogP contribution >= 0.6 is 22.6 Å². The van der Waals surface area contributed by atoms with E-state index in [1.165, 1.54) is 0 Å². The van der Waals surface area contributed by atoms with Crippen LogP contribution in [0.1, 0.15) is 23.7 Å². The first-order chi connectivity index (χ1) is 14.5. The number of aromatic nitrogens is 1. The van der Waals surface area contributed by atoms with E-state index in [0.717, 1.165) is 32.4 Å². The molecule has 150 valence electrons. The maximum atomic E-state index is 11.8. The molecule has 0 aliphatic rings. The highest BCUT2D eigenvalue weighted by Crippen LogP contribution is 2.29. The second kappa shape index (κ2) is 8.83. The zero-order valence-corrected chi connectivity index (χ0v) is 18.6.